The van der Waals surface area contributed by atoms with Crippen molar-refractivity contribution in [2.45, 2.75) is 0 Å². The zero-order valence-corrected chi connectivity index (χ0v) is 13.4. The molecule has 3 aromatic rings. The summed E-state index contributed by atoms with van der Waals surface area (Å²) in [6, 6.07) is 14.5. The number of hydrogen-bond acceptors (Lipinski definition) is 5. The van der Waals surface area contributed by atoms with Crippen LogP contribution in [0.25, 0.3) is 11.5 Å². The molecule has 0 saturated carbocycles. The zero-order valence-electron chi connectivity index (χ0n) is 11.9. The summed E-state index contributed by atoms with van der Waals surface area (Å²) in [7, 11) is 0. The van der Waals surface area contributed by atoms with E-state index in [9.17, 15) is 0 Å². The highest BCUT2D eigenvalue weighted by Crippen LogP contribution is 2.27. The lowest BCUT2D eigenvalue weighted by atomic mass is 10.2. The Morgan fingerprint density at radius 2 is 1.70 bits per heavy atom. The van der Waals surface area contributed by atoms with Gasteiger partial charge in [-0.05, 0) is 30.3 Å². The minimum Gasteiger partial charge on any atom is -0.488 e. The van der Waals surface area contributed by atoms with Crippen LogP contribution in [-0.4, -0.2) is 23.4 Å². The van der Waals surface area contributed by atoms with E-state index >= 15 is 0 Å². The van der Waals surface area contributed by atoms with Gasteiger partial charge in [-0.2, -0.15) is 0 Å². The SMILES string of the molecule is Clc1ccc(OCCOc2nnc(-c3ccccc3)o2)c(Cl)c1. The second-order valence-electron chi connectivity index (χ2n) is 4.51. The molecule has 1 aromatic heterocycles. The summed E-state index contributed by atoms with van der Waals surface area (Å²) in [5, 5.41) is 8.76. The number of nitrogens with zero attached hydrogens (tertiary/aromatic N) is 2. The molecule has 0 aliphatic carbocycles. The Hall–Kier alpha value is -2.24. The van der Waals surface area contributed by atoms with Crippen LogP contribution in [0.3, 0.4) is 0 Å². The van der Waals surface area contributed by atoms with E-state index in [4.69, 9.17) is 37.1 Å². The Bertz CT molecular complexity index is 778. The number of aromatic nitrogens is 2. The molecule has 23 heavy (non-hydrogen) atoms. The molecule has 0 aliphatic heterocycles. The normalized spacial score (nSPS) is 10.5. The minimum absolute atomic E-state index is 0.0923. The molecule has 0 amide bonds. The van der Waals surface area contributed by atoms with Crippen molar-refractivity contribution in [2.75, 3.05) is 13.2 Å². The summed E-state index contributed by atoms with van der Waals surface area (Å²) in [4.78, 5) is 0. The second-order valence-corrected chi connectivity index (χ2v) is 5.35. The lowest BCUT2D eigenvalue weighted by molar-refractivity contribution is 0.177. The summed E-state index contributed by atoms with van der Waals surface area (Å²) in [6.45, 7) is 0.528. The van der Waals surface area contributed by atoms with Crippen LogP contribution >= 0.6 is 23.2 Å². The van der Waals surface area contributed by atoms with E-state index in [0.717, 1.165) is 5.56 Å². The highest BCUT2D eigenvalue weighted by Gasteiger charge is 2.09. The Morgan fingerprint density at radius 3 is 2.48 bits per heavy atom. The predicted octanol–water partition coefficient (Wildman–Crippen LogP) is 4.50. The number of ether oxygens (including phenoxy) is 2. The van der Waals surface area contributed by atoms with E-state index in [-0.39, 0.29) is 19.3 Å². The Labute approximate surface area is 142 Å². The van der Waals surface area contributed by atoms with Gasteiger partial charge >= 0.3 is 6.08 Å². The second kappa shape index (κ2) is 7.35. The van der Waals surface area contributed by atoms with Crippen molar-refractivity contribution in [3.05, 3.63) is 58.6 Å². The van der Waals surface area contributed by atoms with Gasteiger partial charge in [0.15, 0.2) is 0 Å². The van der Waals surface area contributed by atoms with Gasteiger partial charge in [-0.1, -0.05) is 46.5 Å². The van der Waals surface area contributed by atoms with Crippen molar-refractivity contribution in [1.29, 1.82) is 0 Å². The maximum atomic E-state index is 6.01. The van der Waals surface area contributed by atoms with Gasteiger partial charge in [0, 0.05) is 10.6 Å². The average Bonchev–Trinajstić information content (AvgIpc) is 3.03. The van der Waals surface area contributed by atoms with Crippen molar-refractivity contribution in [2.24, 2.45) is 0 Å². The first-order chi connectivity index (χ1) is 11.2. The Balaban J connectivity index is 1.50. The summed E-state index contributed by atoms with van der Waals surface area (Å²) >= 11 is 11.8. The molecule has 5 nitrogen and oxygen atoms in total. The maximum absolute atomic E-state index is 6.01. The van der Waals surface area contributed by atoms with Crippen LogP contribution in [0.15, 0.2) is 52.9 Å². The molecular formula is C16H12Cl2N2O3. The fraction of sp³-hybridized carbons (Fsp3) is 0.125. The first-order valence-electron chi connectivity index (χ1n) is 6.82. The molecule has 3 rings (SSSR count). The van der Waals surface area contributed by atoms with Gasteiger partial charge in [-0.3, -0.25) is 0 Å². The molecule has 1 heterocycles. The van der Waals surface area contributed by atoms with Crippen LogP contribution in [0.1, 0.15) is 0 Å². The fourth-order valence-corrected chi connectivity index (χ4v) is 2.30. The lowest BCUT2D eigenvalue weighted by Gasteiger charge is -2.07. The van der Waals surface area contributed by atoms with Gasteiger partial charge in [0.2, 0.25) is 0 Å². The quantitative estimate of drug-likeness (QED) is 0.612. The van der Waals surface area contributed by atoms with Gasteiger partial charge in [0.25, 0.3) is 5.89 Å². The van der Waals surface area contributed by atoms with E-state index in [1.807, 2.05) is 30.3 Å². The molecular weight excluding hydrogens is 339 g/mol. The van der Waals surface area contributed by atoms with Gasteiger partial charge in [0.1, 0.15) is 19.0 Å². The highest BCUT2D eigenvalue weighted by atomic mass is 35.5. The van der Waals surface area contributed by atoms with Gasteiger partial charge < -0.3 is 13.9 Å². The zero-order chi connectivity index (χ0) is 16.1. The largest absolute Gasteiger partial charge is 0.488 e. The van der Waals surface area contributed by atoms with Crippen molar-refractivity contribution >= 4 is 23.2 Å². The van der Waals surface area contributed by atoms with Gasteiger partial charge in [-0.25, -0.2) is 0 Å². The maximum Gasteiger partial charge on any atom is 0.415 e. The smallest absolute Gasteiger partial charge is 0.415 e. The Morgan fingerprint density at radius 1 is 0.913 bits per heavy atom. The van der Waals surface area contributed by atoms with Crippen molar-refractivity contribution in [3.8, 4) is 23.3 Å². The number of rotatable bonds is 6. The minimum atomic E-state index is 0.0923. The van der Waals surface area contributed by atoms with E-state index < -0.39 is 0 Å². The van der Waals surface area contributed by atoms with E-state index in [1.54, 1.807) is 18.2 Å². The van der Waals surface area contributed by atoms with Crippen LogP contribution < -0.4 is 9.47 Å². The molecule has 0 saturated heterocycles. The van der Waals surface area contributed by atoms with Crippen LogP contribution in [0.4, 0.5) is 0 Å². The summed E-state index contributed by atoms with van der Waals surface area (Å²) in [5.41, 5.74) is 0.832. The molecule has 0 fully saturated rings. The molecule has 0 unspecified atom stereocenters. The van der Waals surface area contributed by atoms with Gasteiger partial charge in [0.05, 0.1) is 5.02 Å². The molecule has 7 heteroatoms. The van der Waals surface area contributed by atoms with Crippen molar-refractivity contribution in [3.63, 3.8) is 0 Å². The average molecular weight is 351 g/mol. The predicted molar refractivity (Wildman–Crippen MR) is 87.2 cm³/mol. The number of benzene rings is 2. The topological polar surface area (TPSA) is 57.4 Å². The van der Waals surface area contributed by atoms with Crippen LogP contribution in [0.5, 0.6) is 11.8 Å². The van der Waals surface area contributed by atoms with Crippen LogP contribution in [-0.2, 0) is 0 Å². The van der Waals surface area contributed by atoms with E-state index in [0.29, 0.717) is 21.7 Å². The number of hydrogen-bond donors (Lipinski definition) is 0. The summed E-state index contributed by atoms with van der Waals surface area (Å²) < 4.78 is 16.3. The third kappa shape index (κ3) is 4.15. The molecule has 0 atom stereocenters. The molecule has 0 radical (unpaired) electrons. The molecule has 0 N–H and O–H groups in total. The van der Waals surface area contributed by atoms with Crippen LogP contribution in [0, 0.1) is 0 Å². The lowest BCUT2D eigenvalue weighted by Crippen LogP contribution is -2.09. The van der Waals surface area contributed by atoms with Gasteiger partial charge in [-0.15, -0.1) is 5.10 Å². The first-order valence-corrected chi connectivity index (χ1v) is 7.57. The molecule has 118 valence electrons. The standard InChI is InChI=1S/C16H12Cl2N2O3/c17-12-6-7-14(13(18)10-12)21-8-9-22-16-20-19-15(23-16)11-4-2-1-3-5-11/h1-7,10H,8-9H2. The van der Waals surface area contributed by atoms with E-state index in [2.05, 4.69) is 10.2 Å². The summed E-state index contributed by atoms with van der Waals surface area (Å²) in [6.07, 6.45) is 0.0923. The third-order valence-corrected chi connectivity index (χ3v) is 3.42. The van der Waals surface area contributed by atoms with Crippen molar-refractivity contribution < 1.29 is 13.9 Å². The fourth-order valence-electron chi connectivity index (χ4n) is 1.84. The van der Waals surface area contributed by atoms with Crippen molar-refractivity contribution in [1.82, 2.24) is 10.2 Å². The van der Waals surface area contributed by atoms with E-state index in [1.165, 1.54) is 0 Å². The molecule has 0 bridgehead atoms. The molecule has 0 spiro atoms. The molecule has 0 aliphatic rings. The summed E-state index contributed by atoms with van der Waals surface area (Å²) in [5.74, 6) is 0.942. The first kappa shape index (κ1) is 15.6. The molecule has 2 aromatic carbocycles. The van der Waals surface area contributed by atoms with Crippen LogP contribution in [0.2, 0.25) is 10.0 Å². The monoisotopic (exact) mass is 350 g/mol. The number of halogens is 2. The third-order valence-electron chi connectivity index (χ3n) is 2.89. The Kier molecular flexibility index (Phi) is 5.00. The highest BCUT2D eigenvalue weighted by molar-refractivity contribution is 6.35.